The minimum absolute atomic E-state index is 0.121. The van der Waals surface area contributed by atoms with E-state index in [1.165, 1.54) is 0 Å². The van der Waals surface area contributed by atoms with Gasteiger partial charge < -0.3 is 20.6 Å². The lowest BCUT2D eigenvalue weighted by Crippen LogP contribution is -2.50. The van der Waals surface area contributed by atoms with Crippen molar-refractivity contribution in [2.75, 3.05) is 31.6 Å². The van der Waals surface area contributed by atoms with E-state index in [0.29, 0.717) is 43.1 Å². The van der Waals surface area contributed by atoms with Crippen LogP contribution in [0.3, 0.4) is 0 Å². The second-order valence-corrected chi connectivity index (χ2v) is 11.6. The smallest absolute Gasteiger partial charge is 0.325 e. The Morgan fingerprint density at radius 2 is 1.78 bits per heavy atom. The second-order valence-electron chi connectivity index (χ2n) is 11.6. The Morgan fingerprint density at radius 1 is 1.11 bits per heavy atom. The number of piperidine rings is 1. The van der Waals surface area contributed by atoms with Gasteiger partial charge in [0.1, 0.15) is 12.1 Å². The molecule has 9 nitrogen and oxygen atoms in total. The van der Waals surface area contributed by atoms with E-state index in [1.54, 1.807) is 29.2 Å². The molecule has 1 aromatic rings. The monoisotopic (exact) mass is 498 g/mol. The third kappa shape index (κ3) is 5.40. The minimum Gasteiger partial charge on any atom is -0.396 e. The molecule has 1 spiro atoms. The third-order valence-electron chi connectivity index (χ3n) is 8.16. The van der Waals surface area contributed by atoms with E-state index in [2.05, 4.69) is 31.4 Å². The van der Waals surface area contributed by atoms with Gasteiger partial charge >= 0.3 is 6.03 Å². The van der Waals surface area contributed by atoms with Gasteiger partial charge in [-0.15, -0.1) is 0 Å². The number of aliphatic hydroxyl groups excluding tert-OH is 1. The molecular formula is C27H38N4O5. The highest BCUT2D eigenvalue weighted by Crippen LogP contribution is 2.43. The zero-order chi connectivity index (χ0) is 26.1. The largest absolute Gasteiger partial charge is 0.396 e. The van der Waals surface area contributed by atoms with Crippen molar-refractivity contribution in [3.8, 4) is 0 Å². The van der Waals surface area contributed by atoms with Gasteiger partial charge in [-0.25, -0.2) is 4.79 Å². The van der Waals surface area contributed by atoms with E-state index in [4.69, 9.17) is 0 Å². The number of hydrogen-bond donors (Lipinski definition) is 3. The molecule has 3 N–H and O–H groups in total. The number of carbonyl (C=O) groups is 4. The third-order valence-corrected chi connectivity index (χ3v) is 8.16. The van der Waals surface area contributed by atoms with Crippen LogP contribution >= 0.6 is 0 Å². The molecule has 1 aliphatic carbocycles. The highest BCUT2D eigenvalue weighted by atomic mass is 16.3. The summed E-state index contributed by atoms with van der Waals surface area (Å²) in [6.45, 7) is 7.53. The molecular weight excluding hydrogens is 460 g/mol. The highest BCUT2D eigenvalue weighted by molar-refractivity contribution is 6.10. The average molecular weight is 499 g/mol. The SMILES string of the molecule is CC(C)(C)C1CCC2(CC1)NC(=O)N(CC(=O)Nc1cccc(C(=O)N3CCC(CO)CC3)c1)C2=O. The molecule has 1 aromatic carbocycles. The molecule has 0 bridgehead atoms. The average Bonchev–Trinajstić information content (AvgIpc) is 3.07. The first-order valence-electron chi connectivity index (χ1n) is 13.0. The highest BCUT2D eigenvalue weighted by Gasteiger charge is 2.53. The molecule has 9 heteroatoms. The van der Waals surface area contributed by atoms with E-state index in [9.17, 15) is 24.3 Å². The van der Waals surface area contributed by atoms with Crippen molar-refractivity contribution in [2.24, 2.45) is 17.3 Å². The topological polar surface area (TPSA) is 119 Å². The lowest BCUT2D eigenvalue weighted by molar-refractivity contribution is -0.135. The number of rotatable bonds is 5. The van der Waals surface area contributed by atoms with Crippen LogP contribution in [0.1, 0.15) is 69.7 Å². The van der Waals surface area contributed by atoms with Crippen LogP contribution in [-0.4, -0.2) is 70.4 Å². The van der Waals surface area contributed by atoms with Crippen molar-refractivity contribution in [3.05, 3.63) is 29.8 Å². The van der Waals surface area contributed by atoms with Crippen molar-refractivity contribution in [3.63, 3.8) is 0 Å². The van der Waals surface area contributed by atoms with E-state index in [-0.39, 0.29) is 36.3 Å². The summed E-state index contributed by atoms with van der Waals surface area (Å²) in [7, 11) is 0. The zero-order valence-corrected chi connectivity index (χ0v) is 21.5. The molecule has 3 aliphatic rings. The molecule has 36 heavy (non-hydrogen) atoms. The lowest BCUT2D eigenvalue weighted by Gasteiger charge is -2.40. The van der Waals surface area contributed by atoms with Crippen LogP contribution in [0.5, 0.6) is 0 Å². The van der Waals surface area contributed by atoms with Crippen molar-refractivity contribution >= 4 is 29.4 Å². The number of hydrogen-bond acceptors (Lipinski definition) is 5. The molecule has 196 valence electrons. The summed E-state index contributed by atoms with van der Waals surface area (Å²) in [4.78, 5) is 54.3. The van der Waals surface area contributed by atoms with E-state index < -0.39 is 17.5 Å². The van der Waals surface area contributed by atoms with Gasteiger partial charge in [-0.3, -0.25) is 19.3 Å². The predicted octanol–water partition coefficient (Wildman–Crippen LogP) is 3.00. The molecule has 2 heterocycles. The van der Waals surface area contributed by atoms with Gasteiger partial charge in [0.2, 0.25) is 5.91 Å². The van der Waals surface area contributed by atoms with Gasteiger partial charge in [-0.2, -0.15) is 0 Å². The molecule has 0 aromatic heterocycles. The van der Waals surface area contributed by atoms with E-state index >= 15 is 0 Å². The van der Waals surface area contributed by atoms with Gasteiger partial charge in [0.05, 0.1) is 0 Å². The molecule has 1 saturated carbocycles. The number of amides is 5. The van der Waals surface area contributed by atoms with Gasteiger partial charge in [0, 0.05) is 30.9 Å². The Balaban J connectivity index is 1.35. The lowest BCUT2D eigenvalue weighted by atomic mass is 9.67. The number of aliphatic hydroxyl groups is 1. The first kappa shape index (κ1) is 26.1. The molecule has 3 fully saturated rings. The number of imide groups is 1. The summed E-state index contributed by atoms with van der Waals surface area (Å²) in [5.41, 5.74) is 0.136. The van der Waals surface area contributed by atoms with Crippen LogP contribution in [-0.2, 0) is 9.59 Å². The molecule has 0 radical (unpaired) electrons. The van der Waals surface area contributed by atoms with Crippen LogP contribution in [0.25, 0.3) is 0 Å². The van der Waals surface area contributed by atoms with Crippen molar-refractivity contribution in [1.29, 1.82) is 0 Å². The second kappa shape index (κ2) is 10.2. The Morgan fingerprint density at radius 3 is 2.39 bits per heavy atom. The molecule has 0 atom stereocenters. The maximum absolute atomic E-state index is 13.2. The van der Waals surface area contributed by atoms with Crippen molar-refractivity contribution in [2.45, 2.75) is 64.8 Å². The first-order chi connectivity index (χ1) is 17.0. The van der Waals surface area contributed by atoms with Crippen molar-refractivity contribution < 1.29 is 24.3 Å². The quantitative estimate of drug-likeness (QED) is 0.539. The van der Waals surface area contributed by atoms with Gasteiger partial charge in [0.15, 0.2) is 0 Å². The molecule has 4 rings (SSSR count). The Hall–Kier alpha value is -2.94. The summed E-state index contributed by atoms with van der Waals surface area (Å²) in [6.07, 6.45) is 4.41. The summed E-state index contributed by atoms with van der Waals surface area (Å²) in [5.74, 6) is -0.221. The predicted molar refractivity (Wildman–Crippen MR) is 135 cm³/mol. The number of nitrogens with zero attached hydrogens (tertiary/aromatic N) is 2. The molecule has 2 aliphatic heterocycles. The summed E-state index contributed by atoms with van der Waals surface area (Å²) < 4.78 is 0. The fourth-order valence-electron chi connectivity index (χ4n) is 5.71. The fraction of sp³-hybridized carbons (Fsp3) is 0.630. The number of benzene rings is 1. The van der Waals surface area contributed by atoms with Gasteiger partial charge in [-0.05, 0) is 74.0 Å². The molecule has 5 amide bonds. The number of likely N-dealkylation sites (tertiary alicyclic amines) is 1. The van der Waals surface area contributed by atoms with Crippen LogP contribution < -0.4 is 10.6 Å². The van der Waals surface area contributed by atoms with Crippen LogP contribution in [0.2, 0.25) is 0 Å². The van der Waals surface area contributed by atoms with Gasteiger partial charge in [0.25, 0.3) is 11.8 Å². The Labute approximate surface area is 212 Å². The van der Waals surface area contributed by atoms with Crippen LogP contribution in [0.15, 0.2) is 24.3 Å². The number of urea groups is 1. The number of anilines is 1. The number of carbonyl (C=O) groups excluding carboxylic acids is 4. The standard InChI is InChI=1S/C27H38N4O5/c1-26(2,3)20-7-11-27(12-8-20)24(35)31(25(36)29-27)16-22(33)28-21-6-4-5-19(15-21)23(34)30-13-9-18(17-32)10-14-30/h4-6,15,18,20,32H,7-14,16-17H2,1-3H3,(H,28,33)(H,29,36). The number of nitrogens with one attached hydrogen (secondary N) is 2. The maximum atomic E-state index is 13.2. The Kier molecular flexibility index (Phi) is 7.41. The fourth-order valence-corrected chi connectivity index (χ4v) is 5.71. The Bertz CT molecular complexity index is 1020. The normalized spacial score (nSPS) is 25.3. The molecule has 0 unspecified atom stereocenters. The van der Waals surface area contributed by atoms with Crippen LogP contribution in [0, 0.1) is 17.3 Å². The van der Waals surface area contributed by atoms with Crippen LogP contribution in [0.4, 0.5) is 10.5 Å². The van der Waals surface area contributed by atoms with E-state index in [0.717, 1.165) is 30.6 Å². The molecule has 2 saturated heterocycles. The first-order valence-corrected chi connectivity index (χ1v) is 13.0. The maximum Gasteiger partial charge on any atom is 0.325 e. The van der Waals surface area contributed by atoms with E-state index in [1.807, 2.05) is 0 Å². The van der Waals surface area contributed by atoms with Crippen molar-refractivity contribution in [1.82, 2.24) is 15.1 Å². The minimum atomic E-state index is -0.908. The summed E-state index contributed by atoms with van der Waals surface area (Å²) >= 11 is 0. The zero-order valence-electron chi connectivity index (χ0n) is 21.5. The summed E-state index contributed by atoms with van der Waals surface area (Å²) in [5, 5.41) is 14.9. The summed E-state index contributed by atoms with van der Waals surface area (Å²) in [6, 6.07) is 6.15. The van der Waals surface area contributed by atoms with Gasteiger partial charge in [-0.1, -0.05) is 26.8 Å².